The molecule has 4 nitrogen and oxygen atoms in total. The van der Waals surface area contributed by atoms with Gasteiger partial charge in [0.15, 0.2) is 5.78 Å². The van der Waals surface area contributed by atoms with Crippen molar-refractivity contribution in [1.29, 1.82) is 0 Å². The van der Waals surface area contributed by atoms with Gasteiger partial charge in [0.2, 0.25) is 0 Å². The molecular formula is C9H14O4. The maximum absolute atomic E-state index is 11.0. The van der Waals surface area contributed by atoms with Crippen LogP contribution in [0, 0.1) is 5.92 Å². The van der Waals surface area contributed by atoms with Crippen LogP contribution in [0.1, 0.15) is 20.8 Å². The van der Waals surface area contributed by atoms with Crippen LogP contribution in [0.3, 0.4) is 0 Å². The Labute approximate surface area is 77.2 Å². The summed E-state index contributed by atoms with van der Waals surface area (Å²) >= 11 is 0. The molecule has 0 saturated carbocycles. The lowest BCUT2D eigenvalue weighted by Gasteiger charge is -2.08. The summed E-state index contributed by atoms with van der Waals surface area (Å²) < 4.78 is 4.66. The zero-order chi connectivity index (χ0) is 10.4. The zero-order valence-electron chi connectivity index (χ0n) is 8.03. The van der Waals surface area contributed by atoms with Crippen LogP contribution in [-0.4, -0.2) is 23.5 Å². The lowest BCUT2D eigenvalue weighted by molar-refractivity contribution is -0.146. The summed E-state index contributed by atoms with van der Waals surface area (Å²) in [5.41, 5.74) is 0. The van der Waals surface area contributed by atoms with E-state index in [9.17, 15) is 14.7 Å². The summed E-state index contributed by atoms with van der Waals surface area (Å²) in [4.78, 5) is 21.6. The molecule has 0 spiro atoms. The molecule has 1 atom stereocenters. The summed E-state index contributed by atoms with van der Waals surface area (Å²) in [7, 11) is 0. The van der Waals surface area contributed by atoms with Gasteiger partial charge in [-0.1, -0.05) is 0 Å². The summed E-state index contributed by atoms with van der Waals surface area (Å²) in [5.74, 6) is -1.86. The largest absolute Gasteiger partial charge is 0.511 e. The van der Waals surface area contributed by atoms with E-state index in [0.29, 0.717) is 0 Å². The predicted molar refractivity (Wildman–Crippen MR) is 47.2 cm³/mol. The number of aliphatic hydroxyl groups excluding tert-OH is 1. The first-order chi connectivity index (χ1) is 5.99. The molecule has 0 radical (unpaired) electrons. The van der Waals surface area contributed by atoms with Gasteiger partial charge < -0.3 is 9.84 Å². The van der Waals surface area contributed by atoms with Gasteiger partial charge in [-0.25, -0.2) is 0 Å². The van der Waals surface area contributed by atoms with Gasteiger partial charge in [-0.3, -0.25) is 9.59 Å². The van der Waals surface area contributed by atoms with E-state index in [1.54, 1.807) is 6.92 Å². The lowest BCUT2D eigenvalue weighted by atomic mass is 10.1. The minimum atomic E-state index is -0.774. The fraction of sp³-hybridized carbons (Fsp3) is 0.556. The molecule has 0 rings (SSSR count). The molecule has 0 bridgehead atoms. The molecule has 1 N–H and O–H groups in total. The Morgan fingerprint density at radius 2 is 2.08 bits per heavy atom. The summed E-state index contributed by atoms with van der Waals surface area (Å²) in [5, 5.41) is 9.22. The van der Waals surface area contributed by atoms with Crippen molar-refractivity contribution in [2.45, 2.75) is 20.8 Å². The minimum absolute atomic E-state index is 0.258. The van der Waals surface area contributed by atoms with Crippen molar-refractivity contribution in [3.63, 3.8) is 0 Å². The zero-order valence-corrected chi connectivity index (χ0v) is 8.03. The monoisotopic (exact) mass is 186 g/mol. The fourth-order valence-electron chi connectivity index (χ4n) is 0.721. The highest BCUT2D eigenvalue weighted by molar-refractivity contribution is 5.88. The number of carbonyl (C=O) groups is 2. The number of carbonyl (C=O) groups excluding carboxylic acids is 2. The Morgan fingerprint density at radius 1 is 1.54 bits per heavy atom. The van der Waals surface area contributed by atoms with Gasteiger partial charge in [0, 0.05) is 6.08 Å². The van der Waals surface area contributed by atoms with Crippen molar-refractivity contribution < 1.29 is 19.4 Å². The van der Waals surface area contributed by atoms with Crippen LogP contribution in [0.2, 0.25) is 0 Å². The van der Waals surface area contributed by atoms with E-state index >= 15 is 0 Å². The highest BCUT2D eigenvalue weighted by atomic mass is 16.5. The number of ketones is 1. The van der Waals surface area contributed by atoms with Gasteiger partial charge in [0.25, 0.3) is 0 Å². The van der Waals surface area contributed by atoms with Crippen molar-refractivity contribution in [1.82, 2.24) is 0 Å². The molecule has 0 saturated heterocycles. The predicted octanol–water partition coefficient (Wildman–Crippen LogP) is 1.22. The summed E-state index contributed by atoms with van der Waals surface area (Å²) in [6.45, 7) is 4.72. The molecule has 0 fully saturated rings. The molecule has 0 aromatic carbocycles. The maximum Gasteiger partial charge on any atom is 0.316 e. The highest BCUT2D eigenvalue weighted by Crippen LogP contribution is 2.08. The van der Waals surface area contributed by atoms with E-state index in [4.69, 9.17) is 0 Å². The average Bonchev–Trinajstić information content (AvgIpc) is 2.02. The Bertz CT molecular complexity index is 230. The summed E-state index contributed by atoms with van der Waals surface area (Å²) in [6.07, 6.45) is 1.02. The normalized spacial score (nSPS) is 13.6. The molecule has 0 amide bonds. The van der Waals surface area contributed by atoms with E-state index < -0.39 is 11.9 Å². The number of esters is 1. The van der Waals surface area contributed by atoms with Crippen LogP contribution in [-0.2, 0) is 14.3 Å². The molecule has 0 aliphatic rings. The first kappa shape index (κ1) is 11.7. The van der Waals surface area contributed by atoms with Crippen molar-refractivity contribution in [3.8, 4) is 0 Å². The van der Waals surface area contributed by atoms with Crippen LogP contribution in [0.15, 0.2) is 11.8 Å². The van der Waals surface area contributed by atoms with Gasteiger partial charge in [-0.05, 0) is 20.8 Å². The van der Waals surface area contributed by atoms with Crippen molar-refractivity contribution in [2.24, 2.45) is 5.92 Å². The smallest absolute Gasteiger partial charge is 0.316 e. The molecule has 0 heterocycles. The van der Waals surface area contributed by atoms with Crippen LogP contribution < -0.4 is 0 Å². The first-order valence-corrected chi connectivity index (χ1v) is 4.06. The fourth-order valence-corrected chi connectivity index (χ4v) is 0.721. The lowest BCUT2D eigenvalue weighted by Crippen LogP contribution is -2.17. The second-order valence-electron chi connectivity index (χ2n) is 2.65. The number of ether oxygens (including phenoxy) is 1. The van der Waals surface area contributed by atoms with E-state index in [1.807, 2.05) is 0 Å². The Kier molecular flexibility index (Phi) is 4.80. The molecule has 4 heteroatoms. The van der Waals surface area contributed by atoms with Crippen LogP contribution in [0.25, 0.3) is 0 Å². The van der Waals surface area contributed by atoms with E-state index in [0.717, 1.165) is 6.08 Å². The third-order valence-corrected chi connectivity index (χ3v) is 1.43. The van der Waals surface area contributed by atoms with Crippen molar-refractivity contribution in [2.75, 3.05) is 6.61 Å². The number of hydrogen-bond donors (Lipinski definition) is 1. The highest BCUT2D eigenvalue weighted by Gasteiger charge is 2.18. The molecule has 0 aliphatic carbocycles. The number of hydrogen-bond acceptors (Lipinski definition) is 4. The van der Waals surface area contributed by atoms with Crippen molar-refractivity contribution >= 4 is 11.8 Å². The van der Waals surface area contributed by atoms with E-state index in [1.165, 1.54) is 13.8 Å². The molecular weight excluding hydrogens is 172 g/mol. The number of aliphatic hydroxyl groups is 1. The topological polar surface area (TPSA) is 63.6 Å². The van der Waals surface area contributed by atoms with Gasteiger partial charge in [-0.15, -0.1) is 0 Å². The van der Waals surface area contributed by atoms with Gasteiger partial charge in [-0.2, -0.15) is 0 Å². The third kappa shape index (κ3) is 4.30. The van der Waals surface area contributed by atoms with Gasteiger partial charge in [0.1, 0.15) is 11.7 Å². The quantitative estimate of drug-likeness (QED) is 0.407. The van der Waals surface area contributed by atoms with E-state index in [2.05, 4.69) is 4.74 Å². The van der Waals surface area contributed by atoms with Crippen LogP contribution >= 0.6 is 0 Å². The minimum Gasteiger partial charge on any atom is -0.511 e. The standard InChI is InChI=1S/C9H14O4/c1-4-13-9(12)7(3)8(11)5-6(2)10/h5,7,11H,4H2,1-3H3/b8-5-. The Morgan fingerprint density at radius 3 is 2.46 bits per heavy atom. The molecule has 0 aromatic heterocycles. The maximum atomic E-state index is 11.0. The molecule has 0 aliphatic heterocycles. The average molecular weight is 186 g/mol. The SMILES string of the molecule is CCOC(=O)C(C)/C(O)=C/C(C)=O. The second kappa shape index (κ2) is 5.35. The van der Waals surface area contributed by atoms with Crippen LogP contribution in [0.5, 0.6) is 0 Å². The number of rotatable bonds is 4. The molecule has 13 heavy (non-hydrogen) atoms. The molecule has 74 valence electrons. The first-order valence-electron chi connectivity index (χ1n) is 4.06. The Hall–Kier alpha value is -1.32. The van der Waals surface area contributed by atoms with E-state index in [-0.39, 0.29) is 18.1 Å². The Balaban J connectivity index is 4.32. The molecule has 1 unspecified atom stereocenters. The number of allylic oxidation sites excluding steroid dienone is 1. The van der Waals surface area contributed by atoms with Gasteiger partial charge in [0.05, 0.1) is 6.61 Å². The van der Waals surface area contributed by atoms with Crippen LogP contribution in [0.4, 0.5) is 0 Å². The molecule has 0 aromatic rings. The summed E-state index contributed by atoms with van der Waals surface area (Å²) in [6, 6.07) is 0. The van der Waals surface area contributed by atoms with Gasteiger partial charge >= 0.3 is 5.97 Å². The van der Waals surface area contributed by atoms with Crippen molar-refractivity contribution in [3.05, 3.63) is 11.8 Å². The second-order valence-corrected chi connectivity index (χ2v) is 2.65. The third-order valence-electron chi connectivity index (χ3n) is 1.43.